The van der Waals surface area contributed by atoms with E-state index in [0.717, 1.165) is 30.4 Å². The van der Waals surface area contributed by atoms with Gasteiger partial charge in [0, 0.05) is 0 Å². The highest BCUT2D eigenvalue weighted by molar-refractivity contribution is 5.85. The number of nitrogens with two attached hydrogens (primary N) is 1. The predicted molar refractivity (Wildman–Crippen MR) is 67.7 cm³/mol. The molecule has 0 saturated heterocycles. The minimum Gasteiger partial charge on any atom is -0.481 e. The van der Waals surface area contributed by atoms with Gasteiger partial charge >= 0.3 is 5.97 Å². The Morgan fingerprint density at radius 2 is 2.00 bits per heavy atom. The summed E-state index contributed by atoms with van der Waals surface area (Å²) in [4.78, 5) is 11.2. The Balaban J connectivity index is 2.11. The lowest BCUT2D eigenvalue weighted by Crippen LogP contribution is -2.19. The van der Waals surface area contributed by atoms with Crippen molar-refractivity contribution in [3.05, 3.63) is 41.5 Å². The van der Waals surface area contributed by atoms with E-state index in [1.54, 1.807) is 0 Å². The molecule has 0 radical (unpaired) electrons. The molecule has 17 heavy (non-hydrogen) atoms. The highest BCUT2D eigenvalue weighted by atomic mass is 16.4. The van der Waals surface area contributed by atoms with E-state index in [4.69, 9.17) is 5.73 Å². The molecule has 3 nitrogen and oxygen atoms in total. The van der Waals surface area contributed by atoms with E-state index in [1.165, 1.54) is 0 Å². The maximum absolute atomic E-state index is 11.2. The molecule has 1 aromatic rings. The first-order chi connectivity index (χ1) is 8.19. The second kappa shape index (κ2) is 4.72. The molecular weight excluding hydrogens is 214 g/mol. The molecule has 0 spiro atoms. The second-order valence-corrected chi connectivity index (χ2v) is 4.49. The van der Waals surface area contributed by atoms with Crippen molar-refractivity contribution < 1.29 is 9.90 Å². The molecule has 1 saturated carbocycles. The first kappa shape index (κ1) is 11.9. The summed E-state index contributed by atoms with van der Waals surface area (Å²) >= 11 is 0. The number of rotatable bonds is 5. The van der Waals surface area contributed by atoms with E-state index in [1.807, 2.05) is 36.4 Å². The third-order valence-electron chi connectivity index (χ3n) is 3.27. The standard InChI is InChI=1S/C14H17NO2/c15-10-2-1-3-11-4-6-12(7-5-11)14(8-9-14)13(16)17/h1,3-7H,2,8-10,15H2,(H,16,17). The fourth-order valence-corrected chi connectivity index (χ4v) is 1.98. The van der Waals surface area contributed by atoms with Crippen molar-refractivity contribution in [3.8, 4) is 0 Å². The van der Waals surface area contributed by atoms with E-state index in [2.05, 4.69) is 0 Å². The largest absolute Gasteiger partial charge is 0.481 e. The fraction of sp³-hybridized carbons (Fsp3) is 0.357. The van der Waals surface area contributed by atoms with Gasteiger partial charge in [-0.2, -0.15) is 0 Å². The zero-order chi connectivity index (χ0) is 12.3. The van der Waals surface area contributed by atoms with Gasteiger partial charge in [-0.1, -0.05) is 36.4 Å². The smallest absolute Gasteiger partial charge is 0.314 e. The molecule has 0 amide bonds. The Labute approximate surface area is 101 Å². The summed E-state index contributed by atoms with van der Waals surface area (Å²) in [7, 11) is 0. The minimum atomic E-state index is -0.705. The SMILES string of the molecule is NCCC=Cc1ccc(C2(C(=O)O)CC2)cc1. The summed E-state index contributed by atoms with van der Waals surface area (Å²) in [6.07, 6.45) is 6.41. The number of hydrogen-bond acceptors (Lipinski definition) is 2. The van der Waals surface area contributed by atoms with Gasteiger partial charge in [0.1, 0.15) is 0 Å². The van der Waals surface area contributed by atoms with Crippen molar-refractivity contribution >= 4 is 12.0 Å². The summed E-state index contributed by atoms with van der Waals surface area (Å²) in [6, 6.07) is 7.77. The Morgan fingerprint density at radius 1 is 1.35 bits per heavy atom. The van der Waals surface area contributed by atoms with Crippen molar-refractivity contribution in [2.45, 2.75) is 24.7 Å². The average Bonchev–Trinajstić information content (AvgIpc) is 3.11. The van der Waals surface area contributed by atoms with Crippen LogP contribution in [0.5, 0.6) is 0 Å². The topological polar surface area (TPSA) is 63.3 Å². The summed E-state index contributed by atoms with van der Waals surface area (Å²) in [6.45, 7) is 0.650. The molecule has 1 aromatic carbocycles. The maximum atomic E-state index is 11.2. The zero-order valence-corrected chi connectivity index (χ0v) is 9.73. The number of carboxylic acids is 1. The predicted octanol–water partition coefficient (Wildman–Crippen LogP) is 2.16. The molecule has 0 aliphatic heterocycles. The van der Waals surface area contributed by atoms with E-state index in [9.17, 15) is 9.90 Å². The summed E-state index contributed by atoms with van der Waals surface area (Å²) in [5.74, 6) is -0.705. The number of aliphatic carboxylic acids is 1. The Morgan fingerprint density at radius 3 is 2.47 bits per heavy atom. The molecule has 0 atom stereocenters. The van der Waals surface area contributed by atoms with Crippen LogP contribution in [0, 0.1) is 0 Å². The molecule has 1 fully saturated rings. The first-order valence-electron chi connectivity index (χ1n) is 5.89. The van der Waals surface area contributed by atoms with E-state index in [0.29, 0.717) is 6.54 Å². The molecule has 0 unspecified atom stereocenters. The summed E-state index contributed by atoms with van der Waals surface area (Å²) in [5, 5.41) is 9.17. The van der Waals surface area contributed by atoms with Gasteiger partial charge in [-0.3, -0.25) is 4.79 Å². The molecule has 1 aliphatic rings. The number of carbonyl (C=O) groups is 1. The Kier molecular flexibility index (Phi) is 3.29. The van der Waals surface area contributed by atoms with Crippen LogP contribution in [0.25, 0.3) is 6.08 Å². The van der Waals surface area contributed by atoms with Crippen LogP contribution < -0.4 is 5.73 Å². The Hall–Kier alpha value is -1.61. The van der Waals surface area contributed by atoms with Crippen LogP contribution >= 0.6 is 0 Å². The average molecular weight is 231 g/mol. The molecule has 3 N–H and O–H groups in total. The maximum Gasteiger partial charge on any atom is 0.314 e. The molecule has 2 rings (SSSR count). The van der Waals surface area contributed by atoms with Crippen LogP contribution in [-0.2, 0) is 10.2 Å². The van der Waals surface area contributed by atoms with Gasteiger partial charge in [0.2, 0.25) is 0 Å². The van der Waals surface area contributed by atoms with Crippen LogP contribution in [-0.4, -0.2) is 17.6 Å². The molecule has 0 aromatic heterocycles. The lowest BCUT2D eigenvalue weighted by atomic mass is 9.95. The van der Waals surface area contributed by atoms with Crippen molar-refractivity contribution in [1.29, 1.82) is 0 Å². The minimum absolute atomic E-state index is 0.598. The van der Waals surface area contributed by atoms with Crippen LogP contribution in [0.15, 0.2) is 30.3 Å². The van der Waals surface area contributed by atoms with E-state index < -0.39 is 11.4 Å². The number of carboxylic acid groups (broad SMARTS) is 1. The summed E-state index contributed by atoms with van der Waals surface area (Å²) in [5.41, 5.74) is 6.81. The Bertz CT molecular complexity index is 430. The van der Waals surface area contributed by atoms with Gasteiger partial charge in [0.15, 0.2) is 0 Å². The second-order valence-electron chi connectivity index (χ2n) is 4.49. The quantitative estimate of drug-likeness (QED) is 0.816. The van der Waals surface area contributed by atoms with Crippen molar-refractivity contribution in [2.24, 2.45) is 5.73 Å². The van der Waals surface area contributed by atoms with E-state index >= 15 is 0 Å². The number of hydrogen-bond donors (Lipinski definition) is 2. The van der Waals surface area contributed by atoms with Gasteiger partial charge < -0.3 is 10.8 Å². The monoisotopic (exact) mass is 231 g/mol. The molecule has 0 heterocycles. The van der Waals surface area contributed by atoms with Gasteiger partial charge in [-0.15, -0.1) is 0 Å². The van der Waals surface area contributed by atoms with Crippen molar-refractivity contribution in [1.82, 2.24) is 0 Å². The lowest BCUT2D eigenvalue weighted by molar-refractivity contribution is -0.140. The van der Waals surface area contributed by atoms with Crippen LogP contribution in [0.3, 0.4) is 0 Å². The third-order valence-corrected chi connectivity index (χ3v) is 3.27. The zero-order valence-electron chi connectivity index (χ0n) is 9.73. The van der Waals surface area contributed by atoms with Gasteiger partial charge in [0.05, 0.1) is 5.41 Å². The lowest BCUT2D eigenvalue weighted by Gasteiger charge is -2.09. The third kappa shape index (κ3) is 2.39. The number of benzene rings is 1. The highest BCUT2D eigenvalue weighted by Crippen LogP contribution is 2.48. The first-order valence-corrected chi connectivity index (χ1v) is 5.89. The molecule has 90 valence electrons. The normalized spacial score (nSPS) is 17.2. The van der Waals surface area contributed by atoms with Gasteiger partial charge in [-0.25, -0.2) is 0 Å². The van der Waals surface area contributed by atoms with Crippen LogP contribution in [0.2, 0.25) is 0 Å². The highest BCUT2D eigenvalue weighted by Gasteiger charge is 2.51. The fourth-order valence-electron chi connectivity index (χ4n) is 1.98. The molecule has 1 aliphatic carbocycles. The van der Waals surface area contributed by atoms with Crippen LogP contribution in [0.1, 0.15) is 30.4 Å². The van der Waals surface area contributed by atoms with Gasteiger partial charge in [-0.05, 0) is 36.9 Å². The summed E-state index contributed by atoms with van der Waals surface area (Å²) < 4.78 is 0. The van der Waals surface area contributed by atoms with Crippen molar-refractivity contribution in [2.75, 3.05) is 6.54 Å². The van der Waals surface area contributed by atoms with Crippen molar-refractivity contribution in [3.63, 3.8) is 0 Å². The van der Waals surface area contributed by atoms with Crippen LogP contribution in [0.4, 0.5) is 0 Å². The van der Waals surface area contributed by atoms with Gasteiger partial charge in [0.25, 0.3) is 0 Å². The molecular formula is C14H17NO2. The van der Waals surface area contributed by atoms with E-state index in [-0.39, 0.29) is 0 Å². The molecule has 0 bridgehead atoms. The molecule has 3 heteroatoms.